The second-order valence-electron chi connectivity index (χ2n) is 10.6. The van der Waals surface area contributed by atoms with Gasteiger partial charge in [0, 0.05) is 37.2 Å². The summed E-state index contributed by atoms with van der Waals surface area (Å²) in [5, 5.41) is 16.5. The second-order valence-corrected chi connectivity index (χ2v) is 11.5. The molecule has 0 bridgehead atoms. The number of fused-ring (bicyclic) bond motifs is 1. The van der Waals surface area contributed by atoms with E-state index in [1.165, 1.54) is 16.2 Å². The number of phenolic OH excluding ortho intramolecular Hbond substituents is 1. The molecule has 3 amide bonds. The first-order chi connectivity index (χ1) is 19.2. The molecule has 2 N–H and O–H groups in total. The average molecular weight is 562 g/mol. The number of nitrogens with zero attached hydrogens (tertiary/aromatic N) is 4. The molecule has 2 aliphatic rings. The quantitative estimate of drug-likeness (QED) is 0.402. The first-order valence-electron chi connectivity index (χ1n) is 13.2. The van der Waals surface area contributed by atoms with Crippen molar-refractivity contribution < 1.29 is 19.5 Å². The number of nitroso groups, excluding NO2 is 1. The minimum Gasteiger partial charge on any atom is -0.508 e. The van der Waals surface area contributed by atoms with Gasteiger partial charge in [0.15, 0.2) is 0 Å². The van der Waals surface area contributed by atoms with Crippen molar-refractivity contribution in [2.24, 2.45) is 11.1 Å². The zero-order chi connectivity index (χ0) is 28.6. The number of phenols is 1. The van der Waals surface area contributed by atoms with Gasteiger partial charge in [-0.15, -0.1) is 11.3 Å². The SMILES string of the molecule is Cc1ncsc1-c1ccc(CNC(=O)[C@@H]2C[C@@H](N=O)CN2C(=O)[C@H](C(C)C)N2Cc3ccccc3C2=O)c(O)c1. The number of aromatic nitrogens is 1. The lowest BCUT2D eigenvalue weighted by Gasteiger charge is -2.35. The lowest BCUT2D eigenvalue weighted by Crippen LogP contribution is -2.55. The van der Waals surface area contributed by atoms with Crippen LogP contribution in [-0.2, 0) is 22.7 Å². The molecule has 2 aliphatic heterocycles. The summed E-state index contributed by atoms with van der Waals surface area (Å²) in [5.41, 5.74) is 5.38. The standard InChI is InChI=1S/C29H31N5O5S/c1-16(2)25(34-13-20-6-4-5-7-22(20)28(34)37)29(38)33-14-21(32-39)11-23(33)27(36)30-12-19-9-8-18(10-24(19)35)26-17(3)31-15-40-26/h4-10,15-16,21,23,25,35H,11-14H2,1-3H3,(H,30,36)/t21-,23+,25+/m1/s1. The number of likely N-dealkylation sites (tertiary alicyclic amines) is 1. The van der Waals surface area contributed by atoms with E-state index in [9.17, 15) is 24.4 Å². The largest absolute Gasteiger partial charge is 0.508 e. The normalized spacial score (nSPS) is 19.1. The van der Waals surface area contributed by atoms with E-state index in [4.69, 9.17) is 0 Å². The molecule has 3 aromatic rings. The average Bonchev–Trinajstić information content (AvgIpc) is 3.65. The number of aromatic hydroxyl groups is 1. The Kier molecular flexibility index (Phi) is 7.66. The molecule has 0 spiro atoms. The molecule has 1 fully saturated rings. The highest BCUT2D eigenvalue weighted by Crippen LogP contribution is 2.32. The monoisotopic (exact) mass is 561 g/mol. The van der Waals surface area contributed by atoms with Crippen LogP contribution in [0.4, 0.5) is 0 Å². The van der Waals surface area contributed by atoms with Gasteiger partial charge in [0.25, 0.3) is 5.91 Å². The zero-order valence-electron chi connectivity index (χ0n) is 22.5. The minimum absolute atomic E-state index is 0.00671. The number of rotatable bonds is 8. The highest BCUT2D eigenvalue weighted by Gasteiger charge is 2.46. The van der Waals surface area contributed by atoms with Gasteiger partial charge in [-0.3, -0.25) is 14.4 Å². The maximum atomic E-state index is 13.9. The maximum absolute atomic E-state index is 13.9. The lowest BCUT2D eigenvalue weighted by molar-refractivity contribution is -0.143. The van der Waals surface area contributed by atoms with E-state index in [0.29, 0.717) is 17.7 Å². The summed E-state index contributed by atoms with van der Waals surface area (Å²) < 4.78 is 0. The number of aryl methyl sites for hydroxylation is 1. The van der Waals surface area contributed by atoms with Gasteiger partial charge < -0.3 is 20.2 Å². The van der Waals surface area contributed by atoms with Crippen molar-refractivity contribution in [2.75, 3.05) is 6.54 Å². The molecule has 2 aromatic carbocycles. The zero-order valence-corrected chi connectivity index (χ0v) is 23.4. The van der Waals surface area contributed by atoms with Crippen LogP contribution in [0.5, 0.6) is 5.75 Å². The number of nitrogens with one attached hydrogen (secondary N) is 1. The molecule has 5 rings (SSSR count). The van der Waals surface area contributed by atoms with Gasteiger partial charge in [-0.25, -0.2) is 4.98 Å². The van der Waals surface area contributed by atoms with Gasteiger partial charge >= 0.3 is 0 Å². The van der Waals surface area contributed by atoms with Gasteiger partial charge in [-0.05, 0) is 36.1 Å². The molecular weight excluding hydrogens is 530 g/mol. The van der Waals surface area contributed by atoms with Crippen molar-refractivity contribution in [3.05, 3.63) is 75.3 Å². The third kappa shape index (κ3) is 5.08. The molecule has 1 aromatic heterocycles. The third-order valence-electron chi connectivity index (χ3n) is 7.63. The summed E-state index contributed by atoms with van der Waals surface area (Å²) in [7, 11) is 0. The Hall–Kier alpha value is -4.12. The molecule has 0 aliphatic carbocycles. The van der Waals surface area contributed by atoms with E-state index >= 15 is 0 Å². The van der Waals surface area contributed by atoms with Crippen LogP contribution in [0.1, 0.15) is 47.4 Å². The Morgan fingerprint density at radius 2 is 2.00 bits per heavy atom. The first kappa shape index (κ1) is 27.4. The summed E-state index contributed by atoms with van der Waals surface area (Å²) in [6.07, 6.45) is 0.0929. The van der Waals surface area contributed by atoms with Crippen LogP contribution in [0, 0.1) is 17.7 Å². The van der Waals surface area contributed by atoms with Gasteiger partial charge in [0.2, 0.25) is 11.8 Å². The number of thiazole rings is 1. The topological polar surface area (TPSA) is 132 Å². The van der Waals surface area contributed by atoms with Crippen LogP contribution in [0.25, 0.3) is 10.4 Å². The fourth-order valence-electron chi connectivity index (χ4n) is 5.57. The minimum atomic E-state index is -0.919. The van der Waals surface area contributed by atoms with Gasteiger partial charge in [-0.1, -0.05) is 49.4 Å². The maximum Gasteiger partial charge on any atom is 0.255 e. The Labute approximate surface area is 236 Å². The van der Waals surface area contributed by atoms with E-state index < -0.39 is 24.0 Å². The van der Waals surface area contributed by atoms with Crippen molar-refractivity contribution in [1.82, 2.24) is 20.1 Å². The Balaban J connectivity index is 1.31. The van der Waals surface area contributed by atoms with E-state index in [0.717, 1.165) is 21.7 Å². The predicted molar refractivity (Wildman–Crippen MR) is 150 cm³/mol. The third-order valence-corrected chi connectivity index (χ3v) is 8.61. The predicted octanol–water partition coefficient (Wildman–Crippen LogP) is 3.86. The Bertz CT molecular complexity index is 1470. The molecule has 0 saturated carbocycles. The van der Waals surface area contributed by atoms with Crippen LogP contribution in [0.2, 0.25) is 0 Å². The highest BCUT2D eigenvalue weighted by molar-refractivity contribution is 7.13. The van der Waals surface area contributed by atoms with Crippen molar-refractivity contribution in [3.8, 4) is 16.2 Å². The molecule has 208 valence electrons. The van der Waals surface area contributed by atoms with Crippen molar-refractivity contribution >= 4 is 29.1 Å². The Morgan fingerprint density at radius 3 is 2.65 bits per heavy atom. The fraction of sp³-hybridized carbons (Fsp3) is 0.379. The van der Waals surface area contributed by atoms with Gasteiger partial charge in [0.05, 0.1) is 16.1 Å². The molecule has 3 heterocycles. The summed E-state index contributed by atoms with van der Waals surface area (Å²) in [6, 6.07) is 10.1. The number of carbonyl (C=O) groups excluding carboxylic acids is 3. The van der Waals surface area contributed by atoms with E-state index in [2.05, 4.69) is 15.5 Å². The van der Waals surface area contributed by atoms with Crippen LogP contribution in [0.3, 0.4) is 0 Å². The van der Waals surface area contributed by atoms with E-state index in [1.54, 1.807) is 34.7 Å². The van der Waals surface area contributed by atoms with Crippen molar-refractivity contribution in [3.63, 3.8) is 0 Å². The molecule has 0 radical (unpaired) electrons. The molecule has 11 heteroatoms. The summed E-state index contributed by atoms with van der Waals surface area (Å²) in [6.45, 7) is 5.97. The highest BCUT2D eigenvalue weighted by atomic mass is 32.1. The van der Waals surface area contributed by atoms with Crippen LogP contribution in [0.15, 0.2) is 53.2 Å². The number of hydrogen-bond acceptors (Lipinski definition) is 8. The molecule has 3 atom stereocenters. The van der Waals surface area contributed by atoms with Gasteiger partial charge in [-0.2, -0.15) is 4.91 Å². The summed E-state index contributed by atoms with van der Waals surface area (Å²) in [4.78, 5) is 60.0. The van der Waals surface area contributed by atoms with E-state index in [1.807, 2.05) is 39.0 Å². The number of hydrogen-bond donors (Lipinski definition) is 2. The number of amides is 3. The van der Waals surface area contributed by atoms with Crippen LogP contribution >= 0.6 is 11.3 Å². The van der Waals surface area contributed by atoms with Crippen molar-refractivity contribution in [1.29, 1.82) is 0 Å². The molecular formula is C29H31N5O5S. The van der Waals surface area contributed by atoms with Gasteiger partial charge in [0.1, 0.15) is 23.9 Å². The summed E-state index contributed by atoms with van der Waals surface area (Å²) >= 11 is 1.48. The molecule has 10 nitrogen and oxygen atoms in total. The van der Waals surface area contributed by atoms with E-state index in [-0.39, 0.29) is 43.0 Å². The molecule has 1 saturated heterocycles. The smallest absolute Gasteiger partial charge is 0.255 e. The molecule has 40 heavy (non-hydrogen) atoms. The fourth-order valence-corrected chi connectivity index (χ4v) is 6.37. The van der Waals surface area contributed by atoms with Crippen LogP contribution in [-0.4, -0.2) is 62.3 Å². The summed E-state index contributed by atoms with van der Waals surface area (Å²) in [5.74, 6) is -1.24. The van der Waals surface area contributed by atoms with Crippen LogP contribution < -0.4 is 5.32 Å². The first-order valence-corrected chi connectivity index (χ1v) is 14.1. The molecule has 0 unspecified atom stereocenters. The van der Waals surface area contributed by atoms with Crippen molar-refractivity contribution in [2.45, 2.75) is 58.4 Å². The Morgan fingerprint density at radius 1 is 1.23 bits per heavy atom. The number of carbonyl (C=O) groups is 3. The second kappa shape index (κ2) is 11.2. The lowest BCUT2D eigenvalue weighted by atomic mass is 10.0. The number of benzene rings is 2.